The minimum atomic E-state index is -0.0198. The van der Waals surface area contributed by atoms with Gasteiger partial charge in [-0.15, -0.1) is 0 Å². The van der Waals surface area contributed by atoms with E-state index in [2.05, 4.69) is 27.3 Å². The van der Waals surface area contributed by atoms with E-state index in [1.54, 1.807) is 0 Å². The highest BCUT2D eigenvalue weighted by atomic mass is 16.5. The van der Waals surface area contributed by atoms with Crippen LogP contribution in [0.1, 0.15) is 43.5 Å². The number of nitrogens with one attached hydrogen (secondary N) is 1. The van der Waals surface area contributed by atoms with Crippen LogP contribution >= 0.6 is 0 Å². The van der Waals surface area contributed by atoms with Crippen molar-refractivity contribution in [3.05, 3.63) is 11.7 Å². The molecule has 1 aromatic rings. The van der Waals surface area contributed by atoms with Crippen LogP contribution in [0.3, 0.4) is 0 Å². The molecule has 110 valence electrons. The first-order valence-electron chi connectivity index (χ1n) is 7.71. The van der Waals surface area contributed by atoms with Gasteiger partial charge in [-0.25, -0.2) is 0 Å². The molecular formula is C14H22N4O2. The summed E-state index contributed by atoms with van der Waals surface area (Å²) in [5.41, 5.74) is 0. The molecule has 6 heteroatoms. The van der Waals surface area contributed by atoms with Gasteiger partial charge < -0.3 is 14.6 Å². The summed E-state index contributed by atoms with van der Waals surface area (Å²) >= 11 is 0. The molecule has 0 radical (unpaired) electrons. The number of nitrogens with zero attached hydrogens (tertiary/aromatic N) is 3. The molecule has 0 aromatic carbocycles. The number of fused-ring (bicyclic) bond motifs is 1. The predicted octanol–water partition coefficient (Wildman–Crippen LogP) is 0.928. The number of ether oxygens (including phenoxy) is 1. The van der Waals surface area contributed by atoms with Gasteiger partial charge in [0, 0.05) is 18.5 Å². The Morgan fingerprint density at radius 3 is 3.10 bits per heavy atom. The van der Waals surface area contributed by atoms with Gasteiger partial charge in [0.1, 0.15) is 6.10 Å². The van der Waals surface area contributed by atoms with E-state index in [4.69, 9.17) is 9.26 Å². The number of hydrogen-bond acceptors (Lipinski definition) is 6. The van der Waals surface area contributed by atoms with Gasteiger partial charge in [0.2, 0.25) is 11.7 Å². The highest BCUT2D eigenvalue weighted by Crippen LogP contribution is 2.31. The van der Waals surface area contributed by atoms with Crippen LogP contribution in [0.4, 0.5) is 0 Å². The molecule has 6 nitrogen and oxygen atoms in total. The minimum absolute atomic E-state index is 0.0198. The third-order valence-corrected chi connectivity index (χ3v) is 5.04. The van der Waals surface area contributed by atoms with Crippen LogP contribution in [-0.2, 0) is 4.74 Å². The first-order chi connectivity index (χ1) is 9.81. The summed E-state index contributed by atoms with van der Waals surface area (Å²) in [6.07, 6.45) is 2.52. The van der Waals surface area contributed by atoms with Crippen molar-refractivity contribution in [3.63, 3.8) is 0 Å². The molecule has 0 bridgehead atoms. The smallest absolute Gasteiger partial charge is 0.229 e. The minimum Gasteiger partial charge on any atom is -0.367 e. The number of morpholine rings is 1. The van der Waals surface area contributed by atoms with Gasteiger partial charge in [-0.2, -0.15) is 4.98 Å². The molecule has 3 atom stereocenters. The lowest BCUT2D eigenvalue weighted by molar-refractivity contribution is -0.0548. The van der Waals surface area contributed by atoms with Gasteiger partial charge in [0.05, 0.1) is 6.61 Å². The van der Waals surface area contributed by atoms with E-state index in [0.29, 0.717) is 17.9 Å². The maximum Gasteiger partial charge on any atom is 0.229 e. The summed E-state index contributed by atoms with van der Waals surface area (Å²) in [5, 5.41) is 7.44. The van der Waals surface area contributed by atoms with E-state index in [1.165, 1.54) is 19.4 Å². The zero-order valence-corrected chi connectivity index (χ0v) is 11.9. The largest absolute Gasteiger partial charge is 0.367 e. The first-order valence-corrected chi connectivity index (χ1v) is 7.71. The fraction of sp³-hybridized carbons (Fsp3) is 0.857. The number of rotatable bonds is 3. The van der Waals surface area contributed by atoms with Crippen LogP contribution in [-0.4, -0.2) is 53.9 Å². The van der Waals surface area contributed by atoms with Crippen LogP contribution in [0.5, 0.6) is 0 Å². The van der Waals surface area contributed by atoms with Crippen molar-refractivity contribution in [2.45, 2.75) is 37.8 Å². The Morgan fingerprint density at radius 2 is 2.30 bits per heavy atom. The maximum atomic E-state index is 5.93. The van der Waals surface area contributed by atoms with Gasteiger partial charge in [-0.1, -0.05) is 12.1 Å². The molecule has 3 saturated heterocycles. The Morgan fingerprint density at radius 1 is 1.40 bits per heavy atom. The topological polar surface area (TPSA) is 63.4 Å². The number of hydrogen-bond donors (Lipinski definition) is 1. The van der Waals surface area contributed by atoms with Crippen LogP contribution in [0.2, 0.25) is 0 Å². The van der Waals surface area contributed by atoms with Crippen LogP contribution in [0.15, 0.2) is 4.52 Å². The molecule has 3 aliphatic rings. The van der Waals surface area contributed by atoms with Crippen molar-refractivity contribution in [1.29, 1.82) is 0 Å². The SMILES string of the molecule is CC(c1nc(C2CN3CCCC3CO2)no1)C1CNC1. The van der Waals surface area contributed by atoms with Crippen molar-refractivity contribution in [2.24, 2.45) is 5.92 Å². The Bertz CT molecular complexity index is 473. The van der Waals surface area contributed by atoms with Crippen molar-refractivity contribution in [2.75, 3.05) is 32.8 Å². The van der Waals surface area contributed by atoms with Gasteiger partial charge in [0.15, 0.2) is 0 Å². The van der Waals surface area contributed by atoms with E-state index >= 15 is 0 Å². The average molecular weight is 278 g/mol. The normalized spacial score (nSPS) is 32.9. The van der Waals surface area contributed by atoms with E-state index in [9.17, 15) is 0 Å². The lowest BCUT2D eigenvalue weighted by Crippen LogP contribution is -2.44. The Hall–Kier alpha value is -0.980. The average Bonchev–Trinajstić information content (AvgIpc) is 3.05. The molecule has 0 spiro atoms. The molecule has 4 heterocycles. The van der Waals surface area contributed by atoms with Crippen molar-refractivity contribution < 1.29 is 9.26 Å². The third kappa shape index (κ3) is 2.16. The molecule has 0 amide bonds. The molecule has 3 aliphatic heterocycles. The van der Waals surface area contributed by atoms with Crippen molar-refractivity contribution in [3.8, 4) is 0 Å². The molecule has 4 rings (SSSR count). The second kappa shape index (κ2) is 5.09. The molecule has 3 fully saturated rings. The summed E-state index contributed by atoms with van der Waals surface area (Å²) in [5.74, 6) is 2.45. The van der Waals surface area contributed by atoms with Crippen LogP contribution < -0.4 is 5.32 Å². The van der Waals surface area contributed by atoms with Crippen LogP contribution in [0.25, 0.3) is 0 Å². The summed E-state index contributed by atoms with van der Waals surface area (Å²) in [6, 6.07) is 0.609. The van der Waals surface area contributed by atoms with E-state index < -0.39 is 0 Å². The Kier molecular flexibility index (Phi) is 3.24. The van der Waals surface area contributed by atoms with E-state index in [-0.39, 0.29) is 6.10 Å². The zero-order valence-electron chi connectivity index (χ0n) is 11.9. The molecular weight excluding hydrogens is 256 g/mol. The van der Waals surface area contributed by atoms with Gasteiger partial charge in [-0.05, 0) is 38.4 Å². The van der Waals surface area contributed by atoms with E-state index in [1.807, 2.05) is 0 Å². The van der Waals surface area contributed by atoms with Gasteiger partial charge in [-0.3, -0.25) is 4.90 Å². The zero-order chi connectivity index (χ0) is 13.5. The quantitative estimate of drug-likeness (QED) is 0.887. The highest BCUT2D eigenvalue weighted by molar-refractivity contribution is 5.02. The summed E-state index contributed by atoms with van der Waals surface area (Å²) < 4.78 is 11.4. The van der Waals surface area contributed by atoms with E-state index in [0.717, 1.165) is 38.0 Å². The number of aromatic nitrogens is 2. The Balaban J connectivity index is 1.44. The standard InChI is InChI=1S/C14H22N4O2/c1-9(10-5-15-6-10)14-16-13(17-20-14)12-7-18-4-2-3-11(18)8-19-12/h9-12,15H,2-8H2,1H3. The second-order valence-electron chi connectivity index (χ2n) is 6.31. The second-order valence-corrected chi connectivity index (χ2v) is 6.31. The molecule has 0 aliphatic carbocycles. The summed E-state index contributed by atoms with van der Waals surface area (Å²) in [7, 11) is 0. The lowest BCUT2D eigenvalue weighted by atomic mass is 9.89. The fourth-order valence-corrected chi connectivity index (χ4v) is 3.40. The third-order valence-electron chi connectivity index (χ3n) is 5.04. The molecule has 1 N–H and O–H groups in total. The lowest BCUT2D eigenvalue weighted by Gasteiger charge is -2.33. The fourth-order valence-electron chi connectivity index (χ4n) is 3.40. The van der Waals surface area contributed by atoms with Gasteiger partial charge >= 0.3 is 0 Å². The molecule has 0 saturated carbocycles. The van der Waals surface area contributed by atoms with Crippen molar-refractivity contribution in [1.82, 2.24) is 20.4 Å². The van der Waals surface area contributed by atoms with Gasteiger partial charge in [0.25, 0.3) is 0 Å². The first kappa shape index (κ1) is 12.7. The summed E-state index contributed by atoms with van der Waals surface area (Å²) in [4.78, 5) is 7.10. The molecule has 3 unspecified atom stereocenters. The predicted molar refractivity (Wildman–Crippen MR) is 72.4 cm³/mol. The summed E-state index contributed by atoms with van der Waals surface area (Å²) in [6.45, 7) is 7.16. The molecule has 20 heavy (non-hydrogen) atoms. The maximum absolute atomic E-state index is 5.93. The highest BCUT2D eigenvalue weighted by Gasteiger charge is 2.36. The van der Waals surface area contributed by atoms with Crippen LogP contribution in [0, 0.1) is 5.92 Å². The molecule has 1 aromatic heterocycles. The van der Waals surface area contributed by atoms with Crippen molar-refractivity contribution >= 4 is 0 Å². The Labute approximate surface area is 118 Å². The monoisotopic (exact) mass is 278 g/mol.